The summed E-state index contributed by atoms with van der Waals surface area (Å²) < 4.78 is 5.34. The molecule has 1 amide bonds. The van der Waals surface area contributed by atoms with E-state index in [0.29, 0.717) is 12.2 Å². The van der Waals surface area contributed by atoms with Crippen molar-refractivity contribution < 1.29 is 9.21 Å². The maximum atomic E-state index is 12.2. The van der Waals surface area contributed by atoms with Crippen LogP contribution in [0.3, 0.4) is 0 Å². The number of halogens is 1. The smallest absolute Gasteiger partial charge is 0.223 e. The highest BCUT2D eigenvalue weighted by Gasteiger charge is 2.19. The minimum Gasteiger partial charge on any atom is -0.467 e. The zero-order valence-corrected chi connectivity index (χ0v) is 13.7. The van der Waals surface area contributed by atoms with Gasteiger partial charge in [-0.1, -0.05) is 23.7 Å². The molecule has 1 heterocycles. The summed E-state index contributed by atoms with van der Waals surface area (Å²) in [6.45, 7) is 1.96. The van der Waals surface area contributed by atoms with E-state index in [4.69, 9.17) is 16.0 Å². The van der Waals surface area contributed by atoms with Crippen molar-refractivity contribution in [2.24, 2.45) is 0 Å². The van der Waals surface area contributed by atoms with Gasteiger partial charge in [-0.15, -0.1) is 11.8 Å². The molecular formula is C16H18ClNO2S. The number of nitrogens with zero attached hydrogens (tertiary/aromatic N) is 1. The summed E-state index contributed by atoms with van der Waals surface area (Å²) in [5.41, 5.74) is 0. The number of carbonyl (C=O) groups is 1. The Hall–Kier alpha value is -1.39. The Morgan fingerprint density at radius 1 is 1.33 bits per heavy atom. The Kier molecular flexibility index (Phi) is 5.76. The first kappa shape index (κ1) is 16.0. The van der Waals surface area contributed by atoms with Gasteiger partial charge in [0.25, 0.3) is 0 Å². The molecule has 1 aromatic carbocycles. The van der Waals surface area contributed by atoms with Crippen LogP contribution in [0, 0.1) is 0 Å². The number of amides is 1. The predicted octanol–water partition coefficient (Wildman–Crippen LogP) is 4.63. The standard InChI is InChI=1S/C16H18ClNO2S/c1-12(14-7-5-10-20-14)18(2)16(19)9-11-21-15-8-4-3-6-13(15)17/h3-8,10,12H,9,11H2,1-2H3. The molecule has 112 valence electrons. The number of furan rings is 1. The van der Waals surface area contributed by atoms with Crippen LogP contribution in [0.1, 0.15) is 25.1 Å². The van der Waals surface area contributed by atoms with Gasteiger partial charge in [-0.25, -0.2) is 0 Å². The third-order valence-corrected chi connectivity index (χ3v) is 4.86. The average Bonchev–Trinajstić information content (AvgIpc) is 3.01. The van der Waals surface area contributed by atoms with E-state index in [1.54, 1.807) is 30.0 Å². The molecule has 21 heavy (non-hydrogen) atoms. The maximum absolute atomic E-state index is 12.2. The van der Waals surface area contributed by atoms with Crippen LogP contribution in [0.2, 0.25) is 5.02 Å². The number of thioether (sulfide) groups is 1. The van der Waals surface area contributed by atoms with Crippen LogP contribution in [-0.2, 0) is 4.79 Å². The third-order valence-electron chi connectivity index (χ3n) is 3.34. The molecule has 1 atom stereocenters. The normalized spacial score (nSPS) is 12.1. The molecule has 1 aromatic heterocycles. The van der Waals surface area contributed by atoms with E-state index in [-0.39, 0.29) is 11.9 Å². The highest BCUT2D eigenvalue weighted by Crippen LogP contribution is 2.27. The van der Waals surface area contributed by atoms with Crippen LogP contribution in [0.5, 0.6) is 0 Å². The van der Waals surface area contributed by atoms with Gasteiger partial charge in [0.2, 0.25) is 5.91 Å². The second-order valence-electron chi connectivity index (χ2n) is 4.72. The molecule has 0 radical (unpaired) electrons. The number of hydrogen-bond acceptors (Lipinski definition) is 3. The molecule has 0 spiro atoms. The van der Waals surface area contributed by atoms with Crippen molar-refractivity contribution in [3.8, 4) is 0 Å². The zero-order chi connectivity index (χ0) is 15.2. The van der Waals surface area contributed by atoms with Crippen molar-refractivity contribution in [2.75, 3.05) is 12.8 Å². The quantitative estimate of drug-likeness (QED) is 0.726. The minimum atomic E-state index is -0.0576. The fourth-order valence-electron chi connectivity index (χ4n) is 1.92. The fourth-order valence-corrected chi connectivity index (χ4v) is 3.10. The van der Waals surface area contributed by atoms with E-state index in [9.17, 15) is 4.79 Å². The highest BCUT2D eigenvalue weighted by atomic mass is 35.5. The molecule has 1 unspecified atom stereocenters. The average molecular weight is 324 g/mol. The number of rotatable bonds is 6. The lowest BCUT2D eigenvalue weighted by Gasteiger charge is -2.23. The fraction of sp³-hybridized carbons (Fsp3) is 0.312. The molecule has 3 nitrogen and oxygen atoms in total. The number of benzene rings is 1. The van der Waals surface area contributed by atoms with E-state index in [2.05, 4.69) is 0 Å². The van der Waals surface area contributed by atoms with Crippen molar-refractivity contribution in [3.05, 3.63) is 53.4 Å². The van der Waals surface area contributed by atoms with Gasteiger partial charge in [0, 0.05) is 24.1 Å². The molecule has 2 rings (SSSR count). The number of hydrogen-bond donors (Lipinski definition) is 0. The summed E-state index contributed by atoms with van der Waals surface area (Å²) in [5.74, 6) is 1.60. The topological polar surface area (TPSA) is 33.5 Å². The van der Waals surface area contributed by atoms with Crippen LogP contribution in [-0.4, -0.2) is 23.6 Å². The van der Waals surface area contributed by atoms with Crippen molar-refractivity contribution in [1.29, 1.82) is 0 Å². The van der Waals surface area contributed by atoms with E-state index < -0.39 is 0 Å². The van der Waals surface area contributed by atoms with Gasteiger partial charge < -0.3 is 9.32 Å². The van der Waals surface area contributed by atoms with Crippen molar-refractivity contribution in [2.45, 2.75) is 24.3 Å². The second kappa shape index (κ2) is 7.57. The molecule has 0 saturated heterocycles. The lowest BCUT2D eigenvalue weighted by atomic mass is 10.2. The summed E-state index contributed by atoms with van der Waals surface area (Å²) in [6.07, 6.45) is 2.09. The van der Waals surface area contributed by atoms with Gasteiger partial charge in [-0.05, 0) is 31.2 Å². The Balaban J connectivity index is 1.83. The van der Waals surface area contributed by atoms with Crippen LogP contribution in [0.4, 0.5) is 0 Å². The molecule has 0 fully saturated rings. The predicted molar refractivity (Wildman–Crippen MR) is 86.7 cm³/mol. The van der Waals surface area contributed by atoms with Crippen LogP contribution in [0.15, 0.2) is 52.0 Å². The second-order valence-corrected chi connectivity index (χ2v) is 6.27. The molecule has 5 heteroatoms. The van der Waals surface area contributed by atoms with E-state index in [0.717, 1.165) is 15.7 Å². The first-order valence-corrected chi connectivity index (χ1v) is 8.12. The Morgan fingerprint density at radius 3 is 2.76 bits per heavy atom. The van der Waals surface area contributed by atoms with Crippen LogP contribution in [0.25, 0.3) is 0 Å². The van der Waals surface area contributed by atoms with Gasteiger partial charge >= 0.3 is 0 Å². The van der Waals surface area contributed by atoms with Crippen molar-refractivity contribution in [1.82, 2.24) is 4.90 Å². The zero-order valence-electron chi connectivity index (χ0n) is 12.1. The van der Waals surface area contributed by atoms with Gasteiger partial charge in [-0.2, -0.15) is 0 Å². The van der Waals surface area contributed by atoms with Crippen LogP contribution < -0.4 is 0 Å². The molecule has 0 aliphatic rings. The molecule has 0 aliphatic heterocycles. The van der Waals surface area contributed by atoms with Crippen molar-refractivity contribution >= 4 is 29.3 Å². The summed E-state index contributed by atoms with van der Waals surface area (Å²) in [5, 5.41) is 0.729. The maximum Gasteiger partial charge on any atom is 0.223 e. The van der Waals surface area contributed by atoms with E-state index >= 15 is 0 Å². The molecule has 0 aliphatic carbocycles. The lowest BCUT2D eigenvalue weighted by Crippen LogP contribution is -2.29. The largest absolute Gasteiger partial charge is 0.467 e. The van der Waals surface area contributed by atoms with Gasteiger partial charge in [-0.3, -0.25) is 4.79 Å². The number of carbonyl (C=O) groups excluding carboxylic acids is 1. The monoisotopic (exact) mass is 323 g/mol. The first-order valence-electron chi connectivity index (χ1n) is 6.76. The lowest BCUT2D eigenvalue weighted by molar-refractivity contribution is -0.131. The Morgan fingerprint density at radius 2 is 2.10 bits per heavy atom. The van der Waals surface area contributed by atoms with Gasteiger partial charge in [0.1, 0.15) is 5.76 Å². The van der Waals surface area contributed by atoms with Crippen molar-refractivity contribution in [3.63, 3.8) is 0 Å². The van der Waals surface area contributed by atoms with E-state index in [1.807, 2.05) is 43.3 Å². The summed E-state index contributed by atoms with van der Waals surface area (Å²) in [7, 11) is 1.80. The molecule has 0 N–H and O–H groups in total. The summed E-state index contributed by atoms with van der Waals surface area (Å²) >= 11 is 7.69. The SMILES string of the molecule is CC(c1ccco1)N(C)C(=O)CCSc1ccccc1Cl. The Labute approximate surface area is 134 Å². The van der Waals surface area contributed by atoms with Gasteiger partial charge in [0.05, 0.1) is 17.3 Å². The minimum absolute atomic E-state index is 0.0576. The molecular weight excluding hydrogens is 306 g/mol. The summed E-state index contributed by atoms with van der Waals surface area (Å²) in [6, 6.07) is 11.3. The molecule has 0 saturated carbocycles. The van der Waals surface area contributed by atoms with Gasteiger partial charge in [0.15, 0.2) is 0 Å². The summed E-state index contributed by atoms with van der Waals surface area (Å²) in [4.78, 5) is 14.9. The molecule has 0 bridgehead atoms. The van der Waals surface area contributed by atoms with Crippen LogP contribution >= 0.6 is 23.4 Å². The molecule has 2 aromatic rings. The Bertz CT molecular complexity index is 586. The first-order chi connectivity index (χ1) is 10.1. The van der Waals surface area contributed by atoms with E-state index in [1.165, 1.54) is 0 Å². The third kappa shape index (κ3) is 4.29. The highest BCUT2D eigenvalue weighted by molar-refractivity contribution is 7.99.